The highest BCUT2D eigenvalue weighted by Gasteiger charge is 2.37. The molecule has 0 N–H and O–H groups in total. The molecule has 2 rings (SSSR count). The van der Waals surface area contributed by atoms with Gasteiger partial charge < -0.3 is 9.47 Å². The van der Waals surface area contributed by atoms with E-state index in [-0.39, 0.29) is 17.6 Å². The van der Waals surface area contributed by atoms with Gasteiger partial charge in [0.15, 0.2) is 6.10 Å². The first-order valence-electron chi connectivity index (χ1n) is 8.31. The molecule has 0 bridgehead atoms. The van der Waals surface area contributed by atoms with E-state index in [0.29, 0.717) is 22.8 Å². The van der Waals surface area contributed by atoms with Crippen LogP contribution in [-0.2, 0) is 21.9 Å². The Morgan fingerprint density at radius 1 is 0.931 bits per heavy atom. The first kappa shape index (κ1) is 22.9. The molecule has 0 saturated carbocycles. The van der Waals surface area contributed by atoms with Crippen molar-refractivity contribution in [2.24, 2.45) is 0 Å². The van der Waals surface area contributed by atoms with Crippen LogP contribution >= 0.6 is 11.8 Å². The van der Waals surface area contributed by atoms with Crippen molar-refractivity contribution < 1.29 is 40.6 Å². The van der Waals surface area contributed by atoms with E-state index in [1.165, 1.54) is 31.2 Å². The topological polar surface area (TPSA) is 35.5 Å². The first-order chi connectivity index (χ1) is 13.4. The van der Waals surface area contributed by atoms with E-state index in [4.69, 9.17) is 9.47 Å². The summed E-state index contributed by atoms with van der Waals surface area (Å²) in [5.74, 6) is -0.260. The standard InChI is InChI=1S/C19H16F6O3S/c1-3-27-17(26)11(2)28-14-4-6-15(7-5-14)29-16-9-12(18(20,21)22)8-13(10-16)19(23,24)25/h4-11H,3H2,1-2H3. The number of carbonyl (C=O) groups is 1. The number of ether oxygens (including phenoxy) is 2. The van der Waals surface area contributed by atoms with Crippen molar-refractivity contribution in [1.82, 2.24) is 0 Å². The molecular formula is C19H16F6O3S. The minimum Gasteiger partial charge on any atom is -0.479 e. The summed E-state index contributed by atoms with van der Waals surface area (Å²) >= 11 is 0.743. The van der Waals surface area contributed by atoms with Crippen molar-refractivity contribution in [3.05, 3.63) is 53.6 Å². The van der Waals surface area contributed by atoms with E-state index in [2.05, 4.69) is 0 Å². The number of alkyl halides is 6. The van der Waals surface area contributed by atoms with E-state index >= 15 is 0 Å². The van der Waals surface area contributed by atoms with Crippen LogP contribution < -0.4 is 4.74 Å². The summed E-state index contributed by atoms with van der Waals surface area (Å²) in [6, 6.07) is 7.24. The molecule has 0 aliphatic rings. The van der Waals surface area contributed by atoms with E-state index in [1.807, 2.05) is 0 Å². The van der Waals surface area contributed by atoms with Crippen molar-refractivity contribution in [2.75, 3.05) is 6.61 Å². The normalized spacial score (nSPS) is 13.1. The van der Waals surface area contributed by atoms with Crippen molar-refractivity contribution >= 4 is 17.7 Å². The fourth-order valence-corrected chi connectivity index (χ4v) is 3.14. The Morgan fingerprint density at radius 3 is 1.90 bits per heavy atom. The van der Waals surface area contributed by atoms with Gasteiger partial charge in [-0.3, -0.25) is 0 Å². The molecule has 0 aromatic heterocycles. The number of esters is 1. The second-order valence-corrected chi connectivity index (χ2v) is 6.97. The summed E-state index contributed by atoms with van der Waals surface area (Å²) in [7, 11) is 0. The Hall–Kier alpha value is -2.36. The molecule has 1 unspecified atom stereocenters. The number of hydrogen-bond donors (Lipinski definition) is 0. The third kappa shape index (κ3) is 6.59. The monoisotopic (exact) mass is 438 g/mol. The smallest absolute Gasteiger partial charge is 0.416 e. The van der Waals surface area contributed by atoms with Crippen LogP contribution in [0.3, 0.4) is 0 Å². The van der Waals surface area contributed by atoms with Gasteiger partial charge in [0.1, 0.15) is 5.75 Å². The largest absolute Gasteiger partial charge is 0.479 e. The van der Waals surface area contributed by atoms with Gasteiger partial charge in [-0.05, 0) is 56.3 Å². The SMILES string of the molecule is CCOC(=O)C(C)Oc1ccc(Sc2cc(C(F)(F)F)cc(C(F)(F)F)c2)cc1. The molecule has 0 saturated heterocycles. The Kier molecular flexibility index (Phi) is 7.10. The predicted octanol–water partition coefficient (Wildman–Crippen LogP) is 6.21. The Balaban J connectivity index is 2.20. The van der Waals surface area contributed by atoms with Gasteiger partial charge in [0.2, 0.25) is 0 Å². The van der Waals surface area contributed by atoms with Gasteiger partial charge in [0, 0.05) is 9.79 Å². The average molecular weight is 438 g/mol. The molecule has 0 aliphatic heterocycles. The molecule has 10 heteroatoms. The summed E-state index contributed by atoms with van der Waals surface area (Å²) in [5, 5.41) is 0. The second-order valence-electron chi connectivity index (χ2n) is 5.83. The predicted molar refractivity (Wildman–Crippen MR) is 93.7 cm³/mol. The molecule has 1 atom stereocenters. The van der Waals surface area contributed by atoms with Crippen LogP contribution in [0.5, 0.6) is 5.75 Å². The summed E-state index contributed by atoms with van der Waals surface area (Å²) < 4.78 is 87.8. The molecule has 0 amide bonds. The lowest BCUT2D eigenvalue weighted by Gasteiger charge is -2.15. The third-order valence-corrected chi connectivity index (χ3v) is 4.53. The Morgan fingerprint density at radius 2 is 1.45 bits per heavy atom. The van der Waals surface area contributed by atoms with Crippen LogP contribution in [0.4, 0.5) is 26.3 Å². The molecule has 2 aromatic carbocycles. The molecular weight excluding hydrogens is 422 g/mol. The molecule has 0 spiro atoms. The van der Waals surface area contributed by atoms with Gasteiger partial charge in [0.25, 0.3) is 0 Å². The Labute approximate surface area is 167 Å². The summed E-state index contributed by atoms with van der Waals surface area (Å²) in [4.78, 5) is 11.7. The quantitative estimate of drug-likeness (QED) is 0.397. The molecule has 2 aromatic rings. The molecule has 0 radical (unpaired) electrons. The lowest BCUT2D eigenvalue weighted by atomic mass is 10.1. The molecule has 29 heavy (non-hydrogen) atoms. The molecule has 3 nitrogen and oxygen atoms in total. The van der Waals surface area contributed by atoms with E-state index in [1.54, 1.807) is 6.92 Å². The van der Waals surface area contributed by atoms with Crippen molar-refractivity contribution in [3.63, 3.8) is 0 Å². The van der Waals surface area contributed by atoms with Gasteiger partial charge in [-0.15, -0.1) is 0 Å². The Bertz CT molecular complexity index is 814. The minimum absolute atomic E-state index is 0.0811. The summed E-state index contributed by atoms with van der Waals surface area (Å²) in [6.07, 6.45) is -10.7. The number of rotatable bonds is 6. The van der Waals surface area contributed by atoms with Crippen LogP contribution in [0.2, 0.25) is 0 Å². The lowest BCUT2D eigenvalue weighted by Crippen LogP contribution is -2.25. The number of carbonyl (C=O) groups excluding carboxylic acids is 1. The van der Waals surface area contributed by atoms with Crippen LogP contribution in [-0.4, -0.2) is 18.7 Å². The highest BCUT2D eigenvalue weighted by atomic mass is 32.2. The van der Waals surface area contributed by atoms with Crippen LogP contribution in [0.25, 0.3) is 0 Å². The maximum Gasteiger partial charge on any atom is 0.416 e. The maximum absolute atomic E-state index is 12.9. The number of benzene rings is 2. The zero-order valence-corrected chi connectivity index (χ0v) is 16.0. The van der Waals surface area contributed by atoms with Crippen LogP contribution in [0.15, 0.2) is 52.3 Å². The highest BCUT2D eigenvalue weighted by molar-refractivity contribution is 7.99. The number of hydrogen-bond acceptors (Lipinski definition) is 4. The first-order valence-corrected chi connectivity index (χ1v) is 9.12. The summed E-state index contributed by atoms with van der Waals surface area (Å²) in [6.45, 7) is 3.33. The average Bonchev–Trinajstić information content (AvgIpc) is 2.62. The van der Waals surface area contributed by atoms with Gasteiger partial charge >= 0.3 is 18.3 Å². The molecule has 0 aliphatic carbocycles. The van der Waals surface area contributed by atoms with Crippen molar-refractivity contribution in [2.45, 2.75) is 42.1 Å². The van der Waals surface area contributed by atoms with Crippen LogP contribution in [0, 0.1) is 0 Å². The van der Waals surface area contributed by atoms with Crippen molar-refractivity contribution in [1.29, 1.82) is 0 Å². The molecule has 158 valence electrons. The zero-order chi connectivity index (χ0) is 21.8. The van der Waals surface area contributed by atoms with Gasteiger partial charge in [-0.2, -0.15) is 26.3 Å². The van der Waals surface area contributed by atoms with Crippen molar-refractivity contribution in [3.8, 4) is 5.75 Å². The molecule has 0 fully saturated rings. The fraction of sp³-hybridized carbons (Fsp3) is 0.316. The van der Waals surface area contributed by atoms with Gasteiger partial charge in [-0.25, -0.2) is 4.79 Å². The van der Waals surface area contributed by atoms with E-state index in [9.17, 15) is 31.1 Å². The molecule has 0 heterocycles. The minimum atomic E-state index is -4.91. The lowest BCUT2D eigenvalue weighted by molar-refractivity contribution is -0.150. The summed E-state index contributed by atoms with van der Waals surface area (Å²) in [5.41, 5.74) is -2.75. The maximum atomic E-state index is 12.9. The van der Waals surface area contributed by atoms with Gasteiger partial charge in [-0.1, -0.05) is 11.8 Å². The van der Waals surface area contributed by atoms with Gasteiger partial charge in [0.05, 0.1) is 17.7 Å². The van der Waals surface area contributed by atoms with E-state index in [0.717, 1.165) is 11.8 Å². The van der Waals surface area contributed by atoms with Crippen LogP contribution in [0.1, 0.15) is 25.0 Å². The fourth-order valence-electron chi connectivity index (χ4n) is 2.22. The highest BCUT2D eigenvalue weighted by Crippen LogP contribution is 2.40. The third-order valence-electron chi connectivity index (χ3n) is 3.55. The zero-order valence-electron chi connectivity index (χ0n) is 15.2. The second kappa shape index (κ2) is 8.98. The van der Waals surface area contributed by atoms with E-state index < -0.39 is 35.6 Å². The number of halogens is 6.